The maximum atomic E-state index is 13.9. The Labute approximate surface area is 356 Å². The van der Waals surface area contributed by atoms with Crippen molar-refractivity contribution in [1.82, 2.24) is 9.97 Å². The molecule has 0 aliphatic heterocycles. The number of H-pyrrole nitrogens is 2. The molecule has 14 rings (SSSR count). The van der Waals surface area contributed by atoms with Gasteiger partial charge in [0.15, 0.2) is 0 Å². The Morgan fingerprint density at radius 3 is 1.06 bits per heavy atom. The Kier molecular flexibility index (Phi) is 6.42. The summed E-state index contributed by atoms with van der Waals surface area (Å²) in [5, 5.41) is 0.433. The molecule has 4 nitrogen and oxygen atoms in total. The van der Waals surface area contributed by atoms with Gasteiger partial charge in [0, 0.05) is 5.56 Å². The van der Waals surface area contributed by atoms with Gasteiger partial charge >= 0.3 is 5.69 Å². The molecule has 288 valence electrons. The Bertz CT molecular complexity index is 3650. The molecule has 0 saturated heterocycles. The van der Waals surface area contributed by atoms with E-state index in [-0.39, 0.29) is 0 Å². The van der Waals surface area contributed by atoms with Gasteiger partial charge in [0.05, 0.1) is 21.7 Å². The first kappa shape index (κ1) is 33.7. The van der Waals surface area contributed by atoms with E-state index >= 15 is 0 Å². The van der Waals surface area contributed by atoms with Gasteiger partial charge in [-0.2, -0.15) is 0 Å². The van der Waals surface area contributed by atoms with Crippen LogP contribution in [0, 0.1) is 0 Å². The number of hydrogen-bond acceptors (Lipinski definition) is 2. The number of benzene rings is 9. The molecule has 0 atom stereocenters. The van der Waals surface area contributed by atoms with E-state index in [4.69, 9.17) is 0 Å². The van der Waals surface area contributed by atoms with Gasteiger partial charge in [-0.05, 0) is 130 Å². The minimum Gasteiger partial charge on any atom is -0.306 e. The fourth-order valence-electron chi connectivity index (χ4n) is 12.2. The average Bonchev–Trinajstić information content (AvgIpc) is 4.00. The lowest BCUT2D eigenvalue weighted by molar-refractivity contribution is 0.794. The molecule has 2 N–H and O–H groups in total. The van der Waals surface area contributed by atoms with E-state index in [1.165, 1.54) is 89.0 Å². The molecule has 1 heterocycles. The molecule has 4 heteroatoms. The van der Waals surface area contributed by atoms with Crippen LogP contribution in [0.25, 0.3) is 77.7 Å². The summed E-state index contributed by atoms with van der Waals surface area (Å²) in [7, 11) is 0. The van der Waals surface area contributed by atoms with Gasteiger partial charge < -0.3 is 4.98 Å². The molecule has 0 unspecified atom stereocenters. The van der Waals surface area contributed by atoms with Crippen LogP contribution in [0.1, 0.15) is 44.5 Å². The highest BCUT2D eigenvalue weighted by Gasteiger charge is 2.53. The highest BCUT2D eigenvalue weighted by molar-refractivity contribution is 6.01. The Morgan fingerprint density at radius 2 is 0.645 bits per heavy atom. The van der Waals surface area contributed by atoms with Crippen molar-refractivity contribution in [2.24, 2.45) is 0 Å². The number of hydrogen-bond donors (Lipinski definition) is 2. The zero-order chi connectivity index (χ0) is 40.9. The summed E-state index contributed by atoms with van der Waals surface area (Å²) in [6.07, 6.45) is 0. The zero-order valence-electron chi connectivity index (χ0n) is 33.3. The van der Waals surface area contributed by atoms with Gasteiger partial charge in [-0.1, -0.05) is 170 Å². The number of aromatic amines is 2. The maximum absolute atomic E-state index is 13.9. The van der Waals surface area contributed by atoms with Crippen LogP contribution in [0.4, 0.5) is 0 Å². The van der Waals surface area contributed by atoms with E-state index in [1.807, 2.05) is 6.07 Å². The summed E-state index contributed by atoms with van der Waals surface area (Å²) in [6, 6.07) is 70.4. The molecule has 10 aromatic rings. The third kappa shape index (κ3) is 3.98. The lowest BCUT2D eigenvalue weighted by atomic mass is 9.70. The summed E-state index contributed by atoms with van der Waals surface area (Å²) in [6.45, 7) is 0. The standard InChI is InChI=1S/C58H34N2O2/c61-55-45-30-35(33-25-27-42-40-17-5-11-23-50(40)57(52(42)31-33)46-19-7-1-13-36(46)37-14-2-8-20-47(37)57)29-44(54(45)59-56(62)60-55)34-26-28-43-41-18-6-12-24-51(41)58(53(43)32-34)48-21-9-3-15-38(48)39-16-4-10-22-49(39)58/h1-32H,(H2,59,60,61,62). The quantitative estimate of drug-likeness (QED) is 0.183. The first-order valence-electron chi connectivity index (χ1n) is 21.3. The van der Waals surface area contributed by atoms with E-state index in [0.29, 0.717) is 10.9 Å². The second-order valence-electron chi connectivity index (χ2n) is 17.1. The summed E-state index contributed by atoms with van der Waals surface area (Å²) in [5.74, 6) is 0. The monoisotopic (exact) mass is 790 g/mol. The lowest BCUT2D eigenvalue weighted by Gasteiger charge is -2.31. The van der Waals surface area contributed by atoms with Crippen LogP contribution in [0.3, 0.4) is 0 Å². The zero-order valence-corrected chi connectivity index (χ0v) is 33.3. The summed E-state index contributed by atoms with van der Waals surface area (Å²) >= 11 is 0. The lowest BCUT2D eigenvalue weighted by Crippen LogP contribution is -2.26. The van der Waals surface area contributed by atoms with Crippen molar-refractivity contribution in [2.75, 3.05) is 0 Å². The molecular weight excluding hydrogens is 757 g/mol. The summed E-state index contributed by atoms with van der Waals surface area (Å²) < 4.78 is 0. The third-order valence-corrected chi connectivity index (χ3v) is 14.5. The van der Waals surface area contributed by atoms with Crippen LogP contribution >= 0.6 is 0 Å². The second kappa shape index (κ2) is 11.8. The summed E-state index contributed by atoms with van der Waals surface area (Å²) in [5.41, 5.74) is 22.0. The van der Waals surface area contributed by atoms with Gasteiger partial charge in [0.1, 0.15) is 0 Å². The SMILES string of the molecule is O=c1[nH]c(=O)c2cc(-c3ccc4c(c3)C3(c5ccccc5-c5ccccc53)c3ccccc3-4)cc(-c3ccc4c(c3)C3(c5ccccc5-c5ccccc53)c3ccccc3-4)c2[nH]1. The molecule has 62 heavy (non-hydrogen) atoms. The number of rotatable bonds is 2. The fourth-order valence-corrected chi connectivity index (χ4v) is 12.2. The topological polar surface area (TPSA) is 65.7 Å². The van der Waals surface area contributed by atoms with Crippen LogP contribution in [0.2, 0.25) is 0 Å². The van der Waals surface area contributed by atoms with Crippen LogP contribution in [-0.2, 0) is 10.8 Å². The first-order valence-corrected chi connectivity index (χ1v) is 21.3. The molecule has 9 aromatic carbocycles. The normalized spacial score (nSPS) is 14.5. The van der Waals surface area contributed by atoms with Crippen LogP contribution in [0.5, 0.6) is 0 Å². The molecule has 0 radical (unpaired) electrons. The van der Waals surface area contributed by atoms with Crippen molar-refractivity contribution < 1.29 is 0 Å². The van der Waals surface area contributed by atoms with Crippen LogP contribution in [0.15, 0.2) is 204 Å². The van der Waals surface area contributed by atoms with E-state index < -0.39 is 22.1 Å². The second-order valence-corrected chi connectivity index (χ2v) is 17.1. The van der Waals surface area contributed by atoms with Crippen molar-refractivity contribution >= 4 is 10.9 Å². The molecular formula is C58H34N2O2. The highest BCUT2D eigenvalue weighted by atomic mass is 16.2. The Hall–Kier alpha value is -8.08. The third-order valence-electron chi connectivity index (χ3n) is 14.5. The molecule has 1 aromatic heterocycles. The van der Waals surface area contributed by atoms with Gasteiger partial charge in [-0.25, -0.2) is 4.79 Å². The number of nitrogens with one attached hydrogen (secondary N) is 2. The molecule has 0 fully saturated rings. The molecule has 0 bridgehead atoms. The van der Waals surface area contributed by atoms with E-state index in [0.717, 1.165) is 22.3 Å². The number of fused-ring (bicyclic) bond motifs is 21. The maximum Gasteiger partial charge on any atom is 0.326 e. The van der Waals surface area contributed by atoms with Gasteiger partial charge in [-0.3, -0.25) is 9.78 Å². The van der Waals surface area contributed by atoms with Crippen molar-refractivity contribution in [1.29, 1.82) is 0 Å². The van der Waals surface area contributed by atoms with Crippen molar-refractivity contribution in [3.8, 4) is 66.8 Å². The number of aromatic nitrogens is 2. The molecule has 4 aliphatic rings. The van der Waals surface area contributed by atoms with E-state index in [9.17, 15) is 9.59 Å². The molecule has 0 amide bonds. The van der Waals surface area contributed by atoms with Crippen molar-refractivity contribution in [2.45, 2.75) is 10.8 Å². The highest BCUT2D eigenvalue weighted by Crippen LogP contribution is 2.65. The van der Waals surface area contributed by atoms with E-state index in [1.54, 1.807) is 0 Å². The Morgan fingerprint density at radius 1 is 0.290 bits per heavy atom. The van der Waals surface area contributed by atoms with Gasteiger partial charge in [-0.15, -0.1) is 0 Å². The summed E-state index contributed by atoms with van der Waals surface area (Å²) in [4.78, 5) is 32.6. The Balaban J connectivity index is 1.03. The predicted octanol–water partition coefficient (Wildman–Crippen LogP) is 12.2. The smallest absolute Gasteiger partial charge is 0.306 e. The van der Waals surface area contributed by atoms with Crippen molar-refractivity contribution in [3.05, 3.63) is 259 Å². The molecule has 4 aliphatic carbocycles. The predicted molar refractivity (Wildman–Crippen MR) is 249 cm³/mol. The van der Waals surface area contributed by atoms with E-state index in [2.05, 4.69) is 198 Å². The van der Waals surface area contributed by atoms with Crippen molar-refractivity contribution in [3.63, 3.8) is 0 Å². The van der Waals surface area contributed by atoms with Crippen LogP contribution in [-0.4, -0.2) is 9.97 Å². The largest absolute Gasteiger partial charge is 0.326 e. The van der Waals surface area contributed by atoms with Gasteiger partial charge in [0.2, 0.25) is 0 Å². The molecule has 2 spiro atoms. The average molecular weight is 791 g/mol. The van der Waals surface area contributed by atoms with Crippen LogP contribution < -0.4 is 11.2 Å². The van der Waals surface area contributed by atoms with Gasteiger partial charge in [0.25, 0.3) is 5.56 Å². The fraction of sp³-hybridized carbons (Fsp3) is 0.0345. The first-order chi connectivity index (χ1) is 30.6. The minimum absolute atomic E-state index is 0.417. The minimum atomic E-state index is -0.537. The molecule has 0 saturated carbocycles.